The number of hydrogen-bond donors (Lipinski definition) is 3. The second-order valence-corrected chi connectivity index (χ2v) is 5.30. The third kappa shape index (κ3) is 3.68. The molecule has 1 aliphatic rings. The van der Waals surface area contributed by atoms with Crippen LogP contribution in [-0.4, -0.2) is 24.0 Å². The lowest BCUT2D eigenvalue weighted by Crippen LogP contribution is -2.53. The van der Waals surface area contributed by atoms with Gasteiger partial charge >= 0.3 is 0 Å². The molecular formula is C13H27N3O. The van der Waals surface area contributed by atoms with Crippen LogP contribution in [0.4, 0.5) is 0 Å². The molecule has 0 radical (unpaired) electrons. The van der Waals surface area contributed by atoms with Gasteiger partial charge in [-0.3, -0.25) is 4.79 Å². The molecule has 0 unspecified atom stereocenters. The minimum Gasteiger partial charge on any atom is -0.349 e. The van der Waals surface area contributed by atoms with Crippen molar-refractivity contribution in [1.82, 2.24) is 5.32 Å². The highest BCUT2D eigenvalue weighted by atomic mass is 16.1. The van der Waals surface area contributed by atoms with Gasteiger partial charge in [-0.15, -0.1) is 0 Å². The topological polar surface area (TPSA) is 81.1 Å². The van der Waals surface area contributed by atoms with E-state index in [9.17, 15) is 4.79 Å². The van der Waals surface area contributed by atoms with Gasteiger partial charge in [-0.2, -0.15) is 0 Å². The van der Waals surface area contributed by atoms with Gasteiger partial charge in [-0.05, 0) is 31.6 Å². The largest absolute Gasteiger partial charge is 0.349 e. The fourth-order valence-corrected chi connectivity index (χ4v) is 2.67. The van der Waals surface area contributed by atoms with Crippen molar-refractivity contribution in [2.45, 2.75) is 64.0 Å². The third-order valence-corrected chi connectivity index (χ3v) is 4.31. The van der Waals surface area contributed by atoms with Gasteiger partial charge in [0.2, 0.25) is 5.91 Å². The zero-order chi connectivity index (χ0) is 12.9. The quantitative estimate of drug-likeness (QED) is 0.652. The van der Waals surface area contributed by atoms with Gasteiger partial charge in [0.1, 0.15) is 0 Å². The minimum absolute atomic E-state index is 0.113. The summed E-state index contributed by atoms with van der Waals surface area (Å²) in [6, 6.07) is 0.205. The van der Waals surface area contributed by atoms with E-state index in [1.54, 1.807) is 0 Å². The highest BCUT2D eigenvalue weighted by molar-refractivity contribution is 5.77. The molecule has 4 heteroatoms. The van der Waals surface area contributed by atoms with Crippen LogP contribution >= 0.6 is 0 Å². The van der Waals surface area contributed by atoms with Gasteiger partial charge in [0.05, 0.1) is 5.54 Å². The summed E-state index contributed by atoms with van der Waals surface area (Å²) in [4.78, 5) is 12.0. The molecule has 0 spiro atoms. The van der Waals surface area contributed by atoms with Gasteiger partial charge in [-0.25, -0.2) is 0 Å². The highest BCUT2D eigenvalue weighted by Crippen LogP contribution is 2.27. The first-order chi connectivity index (χ1) is 8.06. The van der Waals surface area contributed by atoms with Crippen LogP contribution in [0, 0.1) is 5.92 Å². The number of carbonyl (C=O) groups is 1. The summed E-state index contributed by atoms with van der Waals surface area (Å²) in [6.45, 7) is 4.64. The molecule has 1 amide bonds. The average molecular weight is 241 g/mol. The summed E-state index contributed by atoms with van der Waals surface area (Å²) >= 11 is 0. The summed E-state index contributed by atoms with van der Waals surface area (Å²) in [5, 5.41) is 3.11. The van der Waals surface area contributed by atoms with Crippen LogP contribution in [0.1, 0.15) is 52.4 Å². The first kappa shape index (κ1) is 14.5. The lowest BCUT2D eigenvalue weighted by molar-refractivity contribution is -0.124. The number of carbonyl (C=O) groups excluding carboxylic acids is 1. The Hall–Kier alpha value is -0.610. The Morgan fingerprint density at radius 1 is 1.35 bits per heavy atom. The molecule has 0 aromatic heterocycles. The second-order valence-electron chi connectivity index (χ2n) is 5.30. The van der Waals surface area contributed by atoms with Crippen molar-refractivity contribution in [2.24, 2.45) is 17.4 Å². The van der Waals surface area contributed by atoms with Gasteiger partial charge < -0.3 is 16.8 Å². The maximum absolute atomic E-state index is 12.0. The SMILES string of the molecule is CCC(CC)(CN)NC(=O)C[C@@H]1CCC[C@H]1N. The van der Waals surface area contributed by atoms with E-state index in [2.05, 4.69) is 19.2 Å². The Labute approximate surface area is 105 Å². The number of hydrogen-bond acceptors (Lipinski definition) is 3. The molecular weight excluding hydrogens is 214 g/mol. The average Bonchev–Trinajstić information content (AvgIpc) is 2.72. The smallest absolute Gasteiger partial charge is 0.220 e. The number of rotatable bonds is 6. The molecule has 100 valence electrons. The minimum atomic E-state index is -0.222. The van der Waals surface area contributed by atoms with Crippen molar-refractivity contribution in [2.75, 3.05) is 6.54 Å². The Balaban J connectivity index is 2.47. The van der Waals surface area contributed by atoms with Crippen molar-refractivity contribution in [3.63, 3.8) is 0 Å². The Kier molecular flexibility index (Phi) is 5.40. The Bertz CT molecular complexity index is 243. The van der Waals surface area contributed by atoms with Crippen molar-refractivity contribution >= 4 is 5.91 Å². The van der Waals surface area contributed by atoms with Gasteiger partial charge in [0.25, 0.3) is 0 Å². The molecule has 2 atom stereocenters. The molecule has 0 saturated heterocycles. The van der Waals surface area contributed by atoms with E-state index in [1.807, 2.05) is 0 Å². The molecule has 0 aliphatic heterocycles. The zero-order valence-corrected chi connectivity index (χ0v) is 11.2. The van der Waals surface area contributed by atoms with E-state index < -0.39 is 0 Å². The predicted molar refractivity (Wildman–Crippen MR) is 70.4 cm³/mol. The van der Waals surface area contributed by atoms with Crippen LogP contribution in [0.5, 0.6) is 0 Å². The standard InChI is InChI=1S/C13H27N3O/c1-3-13(4-2,9-14)16-12(17)8-10-6-5-7-11(10)15/h10-11H,3-9,14-15H2,1-2H3,(H,16,17)/t10-,11+/m0/s1. The first-order valence-electron chi connectivity index (χ1n) is 6.83. The van der Waals surface area contributed by atoms with E-state index in [4.69, 9.17) is 11.5 Å². The van der Waals surface area contributed by atoms with E-state index in [-0.39, 0.29) is 17.5 Å². The molecule has 1 fully saturated rings. The van der Waals surface area contributed by atoms with E-state index in [0.717, 1.165) is 32.1 Å². The molecule has 0 bridgehead atoms. The Morgan fingerprint density at radius 3 is 2.41 bits per heavy atom. The van der Waals surface area contributed by atoms with Crippen LogP contribution in [0.15, 0.2) is 0 Å². The van der Waals surface area contributed by atoms with Crippen LogP contribution in [0.3, 0.4) is 0 Å². The van der Waals surface area contributed by atoms with Crippen LogP contribution in [0.2, 0.25) is 0 Å². The molecule has 1 aliphatic carbocycles. The van der Waals surface area contributed by atoms with Gasteiger partial charge in [0.15, 0.2) is 0 Å². The summed E-state index contributed by atoms with van der Waals surface area (Å²) in [7, 11) is 0. The van der Waals surface area contributed by atoms with Gasteiger partial charge in [0, 0.05) is 19.0 Å². The lowest BCUT2D eigenvalue weighted by atomic mass is 9.91. The van der Waals surface area contributed by atoms with E-state index >= 15 is 0 Å². The molecule has 4 nitrogen and oxygen atoms in total. The number of nitrogens with two attached hydrogens (primary N) is 2. The number of amides is 1. The molecule has 0 aromatic rings. The molecule has 1 rings (SSSR count). The Morgan fingerprint density at radius 2 is 2.00 bits per heavy atom. The second kappa shape index (κ2) is 6.36. The van der Waals surface area contributed by atoms with E-state index in [1.165, 1.54) is 0 Å². The number of nitrogens with one attached hydrogen (secondary N) is 1. The van der Waals surface area contributed by atoms with Crippen molar-refractivity contribution in [3.05, 3.63) is 0 Å². The van der Waals surface area contributed by atoms with Crippen LogP contribution < -0.4 is 16.8 Å². The summed E-state index contributed by atoms with van der Waals surface area (Å²) in [5.41, 5.74) is 11.5. The first-order valence-corrected chi connectivity index (χ1v) is 6.83. The normalized spacial score (nSPS) is 24.9. The summed E-state index contributed by atoms with van der Waals surface area (Å²) in [5.74, 6) is 0.473. The van der Waals surface area contributed by atoms with Gasteiger partial charge in [-0.1, -0.05) is 20.3 Å². The maximum Gasteiger partial charge on any atom is 0.220 e. The molecule has 5 N–H and O–H groups in total. The molecule has 0 aromatic carbocycles. The van der Waals surface area contributed by atoms with Crippen molar-refractivity contribution in [1.29, 1.82) is 0 Å². The molecule has 17 heavy (non-hydrogen) atoms. The molecule has 0 heterocycles. The third-order valence-electron chi connectivity index (χ3n) is 4.31. The summed E-state index contributed by atoms with van der Waals surface area (Å²) in [6.07, 6.45) is 5.61. The monoisotopic (exact) mass is 241 g/mol. The fraction of sp³-hybridized carbons (Fsp3) is 0.923. The van der Waals surface area contributed by atoms with Crippen LogP contribution in [0.25, 0.3) is 0 Å². The zero-order valence-electron chi connectivity index (χ0n) is 11.2. The predicted octanol–water partition coefficient (Wildman–Crippen LogP) is 1.14. The van der Waals surface area contributed by atoms with Crippen molar-refractivity contribution < 1.29 is 4.79 Å². The lowest BCUT2D eigenvalue weighted by Gasteiger charge is -2.32. The maximum atomic E-state index is 12.0. The van der Waals surface area contributed by atoms with Crippen LogP contribution in [-0.2, 0) is 4.79 Å². The van der Waals surface area contributed by atoms with Crippen molar-refractivity contribution in [3.8, 4) is 0 Å². The van der Waals surface area contributed by atoms with E-state index in [0.29, 0.717) is 18.9 Å². The highest BCUT2D eigenvalue weighted by Gasteiger charge is 2.30. The summed E-state index contributed by atoms with van der Waals surface area (Å²) < 4.78 is 0. The molecule has 1 saturated carbocycles. The fourth-order valence-electron chi connectivity index (χ4n) is 2.67.